The highest BCUT2D eigenvalue weighted by Crippen LogP contribution is 2.16. The molecule has 0 aromatic carbocycles. The fourth-order valence-corrected chi connectivity index (χ4v) is 2.60. The molecular weight excluding hydrogens is 272 g/mol. The van der Waals surface area contributed by atoms with Crippen LogP contribution in [0.5, 0.6) is 0 Å². The van der Waals surface area contributed by atoms with Gasteiger partial charge in [0.2, 0.25) is 0 Å². The molecule has 7 heteroatoms. The molecule has 21 heavy (non-hydrogen) atoms. The van der Waals surface area contributed by atoms with Crippen molar-refractivity contribution in [2.75, 3.05) is 50.9 Å². The maximum absolute atomic E-state index is 12.5. The van der Waals surface area contributed by atoms with Crippen molar-refractivity contribution in [2.45, 2.75) is 13.0 Å². The third-order valence-corrected chi connectivity index (χ3v) is 3.73. The molecule has 0 spiro atoms. The predicted molar refractivity (Wildman–Crippen MR) is 76.1 cm³/mol. The molecule has 1 aromatic rings. The van der Waals surface area contributed by atoms with Gasteiger partial charge in [-0.1, -0.05) is 0 Å². The molecule has 1 aromatic heterocycles. The molecule has 0 radical (unpaired) electrons. The molecule has 0 N–H and O–H groups in total. The molecule has 2 aliphatic heterocycles. The van der Waals surface area contributed by atoms with Crippen LogP contribution in [0.3, 0.4) is 0 Å². The molecule has 0 saturated carbocycles. The van der Waals surface area contributed by atoms with E-state index in [4.69, 9.17) is 9.47 Å². The molecule has 1 unspecified atom stereocenters. The van der Waals surface area contributed by atoms with Gasteiger partial charge in [0.15, 0.2) is 6.10 Å². The van der Waals surface area contributed by atoms with Crippen LogP contribution >= 0.6 is 0 Å². The second kappa shape index (κ2) is 6.36. The minimum absolute atomic E-state index is 0.0450. The number of hydrogen-bond donors (Lipinski definition) is 0. The summed E-state index contributed by atoms with van der Waals surface area (Å²) < 4.78 is 10.9. The number of aryl methyl sites for hydroxylation is 1. The van der Waals surface area contributed by atoms with Crippen LogP contribution in [0.4, 0.5) is 5.82 Å². The minimum atomic E-state index is -0.431. The van der Waals surface area contributed by atoms with Crippen LogP contribution in [0.2, 0.25) is 0 Å². The first kappa shape index (κ1) is 14.2. The zero-order chi connectivity index (χ0) is 14.7. The number of hydrogen-bond acceptors (Lipinski definition) is 6. The molecule has 2 fully saturated rings. The number of carbonyl (C=O) groups excluding carboxylic acids is 1. The smallest absolute Gasteiger partial charge is 0.253 e. The molecule has 0 aliphatic carbocycles. The fourth-order valence-electron chi connectivity index (χ4n) is 2.60. The first-order valence-corrected chi connectivity index (χ1v) is 7.26. The summed E-state index contributed by atoms with van der Waals surface area (Å²) in [7, 11) is 0. The number of carbonyl (C=O) groups is 1. The first-order valence-electron chi connectivity index (χ1n) is 7.26. The summed E-state index contributed by atoms with van der Waals surface area (Å²) in [6, 6.07) is 0. The summed E-state index contributed by atoms with van der Waals surface area (Å²) in [5.74, 6) is 0.849. The van der Waals surface area contributed by atoms with E-state index >= 15 is 0 Å². The quantitative estimate of drug-likeness (QED) is 0.755. The van der Waals surface area contributed by atoms with Gasteiger partial charge in [0.25, 0.3) is 5.91 Å². The van der Waals surface area contributed by atoms with E-state index in [9.17, 15) is 4.79 Å². The molecule has 3 rings (SSSR count). The average Bonchev–Trinajstić information content (AvgIpc) is 2.55. The lowest BCUT2D eigenvalue weighted by atomic mass is 10.2. The van der Waals surface area contributed by atoms with Crippen molar-refractivity contribution in [3.63, 3.8) is 0 Å². The van der Waals surface area contributed by atoms with Crippen LogP contribution in [0.1, 0.15) is 5.69 Å². The topological polar surface area (TPSA) is 67.8 Å². The van der Waals surface area contributed by atoms with Crippen LogP contribution in [-0.4, -0.2) is 72.9 Å². The highest BCUT2D eigenvalue weighted by Gasteiger charge is 2.31. The standard InChI is InChI=1S/C14H20N4O3/c1-11-8-15-9-13(16-11)18-4-7-21-12(10-18)14(19)17-2-5-20-6-3-17/h8-9,12H,2-7,10H2,1H3. The highest BCUT2D eigenvalue weighted by atomic mass is 16.5. The van der Waals surface area contributed by atoms with Crippen LogP contribution in [0.15, 0.2) is 12.4 Å². The second-order valence-electron chi connectivity index (χ2n) is 5.26. The number of morpholine rings is 2. The van der Waals surface area contributed by atoms with Crippen LogP contribution in [-0.2, 0) is 14.3 Å². The van der Waals surface area contributed by atoms with E-state index in [1.165, 1.54) is 0 Å². The fraction of sp³-hybridized carbons (Fsp3) is 0.643. The Bertz CT molecular complexity index is 505. The van der Waals surface area contributed by atoms with Gasteiger partial charge in [0, 0.05) is 25.8 Å². The monoisotopic (exact) mass is 292 g/mol. The van der Waals surface area contributed by atoms with E-state index in [1.54, 1.807) is 12.4 Å². The summed E-state index contributed by atoms with van der Waals surface area (Å²) in [5.41, 5.74) is 0.870. The Labute approximate surface area is 123 Å². The average molecular weight is 292 g/mol. The van der Waals surface area contributed by atoms with Gasteiger partial charge in [0.1, 0.15) is 5.82 Å². The third kappa shape index (κ3) is 3.30. The lowest BCUT2D eigenvalue weighted by molar-refractivity contribution is -0.148. The Morgan fingerprint density at radius 1 is 1.24 bits per heavy atom. The Kier molecular flexibility index (Phi) is 4.31. The largest absolute Gasteiger partial charge is 0.378 e. The molecular formula is C14H20N4O3. The van der Waals surface area contributed by atoms with Crippen molar-refractivity contribution in [1.29, 1.82) is 0 Å². The second-order valence-corrected chi connectivity index (χ2v) is 5.26. The maximum atomic E-state index is 12.5. The zero-order valence-electron chi connectivity index (χ0n) is 12.2. The number of rotatable bonds is 2. The summed E-state index contributed by atoms with van der Waals surface area (Å²) >= 11 is 0. The summed E-state index contributed by atoms with van der Waals surface area (Å²) in [6.45, 7) is 6.17. The van der Waals surface area contributed by atoms with Gasteiger partial charge < -0.3 is 19.3 Å². The molecule has 1 atom stereocenters. The van der Waals surface area contributed by atoms with E-state index < -0.39 is 6.10 Å². The van der Waals surface area contributed by atoms with Gasteiger partial charge in [-0.05, 0) is 6.92 Å². The first-order chi connectivity index (χ1) is 10.2. The Morgan fingerprint density at radius 2 is 2.05 bits per heavy atom. The molecule has 114 valence electrons. The molecule has 2 saturated heterocycles. The van der Waals surface area contributed by atoms with Crippen molar-refractivity contribution >= 4 is 11.7 Å². The van der Waals surface area contributed by atoms with Crippen LogP contribution in [0, 0.1) is 6.92 Å². The summed E-state index contributed by atoms with van der Waals surface area (Å²) in [6.07, 6.45) is 3.02. The molecule has 1 amide bonds. The predicted octanol–water partition coefficient (Wildman–Crippen LogP) is -0.151. The molecule has 7 nitrogen and oxygen atoms in total. The van der Waals surface area contributed by atoms with Crippen molar-refractivity contribution in [2.24, 2.45) is 0 Å². The Hall–Kier alpha value is -1.73. The SMILES string of the molecule is Cc1cncc(N2CCOC(C(=O)N3CCOCC3)C2)n1. The number of aromatic nitrogens is 2. The lowest BCUT2D eigenvalue weighted by Gasteiger charge is -2.36. The molecule has 2 aliphatic rings. The number of anilines is 1. The van der Waals surface area contributed by atoms with E-state index in [0.29, 0.717) is 39.5 Å². The van der Waals surface area contributed by atoms with Crippen LogP contribution < -0.4 is 4.90 Å². The van der Waals surface area contributed by atoms with Gasteiger partial charge >= 0.3 is 0 Å². The van der Waals surface area contributed by atoms with Gasteiger partial charge in [0.05, 0.1) is 38.3 Å². The Morgan fingerprint density at radius 3 is 2.81 bits per heavy atom. The van der Waals surface area contributed by atoms with Crippen molar-refractivity contribution in [3.05, 3.63) is 18.1 Å². The molecule has 3 heterocycles. The lowest BCUT2D eigenvalue weighted by Crippen LogP contribution is -2.53. The van der Waals surface area contributed by atoms with Gasteiger partial charge in [-0.25, -0.2) is 4.98 Å². The summed E-state index contributed by atoms with van der Waals surface area (Å²) in [4.78, 5) is 25.0. The van der Waals surface area contributed by atoms with Crippen molar-refractivity contribution < 1.29 is 14.3 Å². The normalized spacial score (nSPS) is 23.2. The number of amides is 1. The Balaban J connectivity index is 1.66. The number of ether oxygens (including phenoxy) is 2. The third-order valence-electron chi connectivity index (χ3n) is 3.73. The highest BCUT2D eigenvalue weighted by molar-refractivity contribution is 5.82. The van der Waals surface area contributed by atoms with Gasteiger partial charge in [-0.2, -0.15) is 0 Å². The van der Waals surface area contributed by atoms with E-state index in [0.717, 1.165) is 18.1 Å². The van der Waals surface area contributed by atoms with E-state index in [2.05, 4.69) is 14.9 Å². The van der Waals surface area contributed by atoms with Crippen molar-refractivity contribution in [1.82, 2.24) is 14.9 Å². The van der Waals surface area contributed by atoms with E-state index in [1.807, 2.05) is 11.8 Å². The van der Waals surface area contributed by atoms with Crippen molar-refractivity contribution in [3.8, 4) is 0 Å². The number of nitrogens with zero attached hydrogens (tertiary/aromatic N) is 4. The minimum Gasteiger partial charge on any atom is -0.378 e. The summed E-state index contributed by atoms with van der Waals surface area (Å²) in [5, 5.41) is 0. The van der Waals surface area contributed by atoms with Gasteiger partial charge in [-0.15, -0.1) is 0 Å². The zero-order valence-corrected chi connectivity index (χ0v) is 12.2. The van der Waals surface area contributed by atoms with Crippen LogP contribution in [0.25, 0.3) is 0 Å². The molecule has 0 bridgehead atoms. The van der Waals surface area contributed by atoms with E-state index in [-0.39, 0.29) is 5.91 Å². The van der Waals surface area contributed by atoms with Gasteiger partial charge in [-0.3, -0.25) is 9.78 Å². The maximum Gasteiger partial charge on any atom is 0.253 e.